The van der Waals surface area contributed by atoms with Gasteiger partial charge in [0, 0.05) is 38.0 Å². The van der Waals surface area contributed by atoms with Gasteiger partial charge in [-0.25, -0.2) is 9.97 Å². The molecular formula is C25H19F5N6O. The molecule has 2 N–H and O–H groups in total. The van der Waals surface area contributed by atoms with E-state index in [1.807, 2.05) is 0 Å². The van der Waals surface area contributed by atoms with Gasteiger partial charge in [0.15, 0.2) is 5.82 Å². The Morgan fingerprint density at radius 1 is 0.919 bits per heavy atom. The van der Waals surface area contributed by atoms with Gasteiger partial charge in [-0.3, -0.25) is 4.98 Å². The maximum atomic E-state index is 13.5. The van der Waals surface area contributed by atoms with E-state index < -0.39 is 17.7 Å². The lowest BCUT2D eigenvalue weighted by Crippen LogP contribution is -2.07. The summed E-state index contributed by atoms with van der Waals surface area (Å²) in [5.74, 6) is -1.58. The van der Waals surface area contributed by atoms with Crippen molar-refractivity contribution >= 4 is 22.7 Å². The Labute approximate surface area is 207 Å². The summed E-state index contributed by atoms with van der Waals surface area (Å²) in [6, 6.07) is 13.1. The van der Waals surface area contributed by atoms with Crippen LogP contribution in [0, 0.1) is 0 Å². The Kier molecular flexibility index (Phi) is 5.81. The van der Waals surface area contributed by atoms with Gasteiger partial charge >= 0.3 is 6.18 Å². The number of nitrogens with zero attached hydrogens (tertiary/aromatic N) is 4. The molecule has 0 saturated heterocycles. The number of hydrogen-bond acceptors (Lipinski definition) is 5. The molecule has 12 heteroatoms. The summed E-state index contributed by atoms with van der Waals surface area (Å²) >= 11 is 0. The summed E-state index contributed by atoms with van der Waals surface area (Å²) in [4.78, 5) is 15.2. The first-order valence-electron chi connectivity index (χ1n) is 11.0. The minimum Gasteiger partial charge on any atom is -0.457 e. The summed E-state index contributed by atoms with van der Waals surface area (Å²) in [5, 5.41) is 3.02. The Bertz CT molecular complexity index is 1570. The van der Waals surface area contributed by atoms with Gasteiger partial charge in [0.2, 0.25) is 5.95 Å². The van der Waals surface area contributed by atoms with E-state index in [9.17, 15) is 22.0 Å². The van der Waals surface area contributed by atoms with Crippen LogP contribution in [0.15, 0.2) is 67.0 Å². The molecular weight excluding hydrogens is 495 g/mol. The number of anilines is 2. The van der Waals surface area contributed by atoms with Crippen LogP contribution in [0.25, 0.3) is 22.6 Å². The van der Waals surface area contributed by atoms with Gasteiger partial charge in [-0.2, -0.15) is 22.0 Å². The van der Waals surface area contributed by atoms with Crippen molar-refractivity contribution in [3.05, 3.63) is 78.2 Å². The first-order chi connectivity index (χ1) is 17.5. The van der Waals surface area contributed by atoms with Crippen LogP contribution in [0.1, 0.15) is 18.2 Å². The van der Waals surface area contributed by atoms with Crippen molar-refractivity contribution in [3.8, 4) is 23.0 Å². The zero-order valence-corrected chi connectivity index (χ0v) is 19.4. The van der Waals surface area contributed by atoms with Gasteiger partial charge in [-0.05, 0) is 42.5 Å². The summed E-state index contributed by atoms with van der Waals surface area (Å²) < 4.78 is 73.2. The van der Waals surface area contributed by atoms with Crippen LogP contribution < -0.4 is 10.1 Å². The third kappa shape index (κ3) is 5.08. The molecule has 0 saturated carbocycles. The molecule has 5 aromatic rings. The van der Waals surface area contributed by atoms with Crippen molar-refractivity contribution in [2.75, 3.05) is 5.32 Å². The van der Waals surface area contributed by atoms with Crippen LogP contribution >= 0.6 is 0 Å². The van der Waals surface area contributed by atoms with Crippen LogP contribution in [0.4, 0.5) is 33.6 Å². The molecule has 0 bridgehead atoms. The predicted molar refractivity (Wildman–Crippen MR) is 127 cm³/mol. The number of aromatic nitrogens is 5. The quantitative estimate of drug-likeness (QED) is 0.238. The molecule has 5 rings (SSSR count). The molecule has 0 spiro atoms. The summed E-state index contributed by atoms with van der Waals surface area (Å²) in [6.45, 7) is 0.773. The molecule has 0 atom stereocenters. The van der Waals surface area contributed by atoms with Gasteiger partial charge in [-0.1, -0.05) is 0 Å². The minimum absolute atomic E-state index is 0.182. The summed E-state index contributed by atoms with van der Waals surface area (Å²) in [6.07, 6.45) is -1.87. The average Bonchev–Trinajstić information content (AvgIpc) is 3.45. The maximum absolute atomic E-state index is 13.5. The Hall–Kier alpha value is -4.48. The third-order valence-corrected chi connectivity index (χ3v) is 5.58. The van der Waals surface area contributed by atoms with E-state index in [0.29, 0.717) is 34.3 Å². The number of nitrogens with one attached hydrogen (secondary N) is 2. The average molecular weight is 514 g/mol. The first kappa shape index (κ1) is 24.2. The van der Waals surface area contributed by atoms with Gasteiger partial charge < -0.3 is 19.6 Å². The van der Waals surface area contributed by atoms with Crippen LogP contribution in [0.5, 0.6) is 11.5 Å². The number of hydrogen-bond donors (Lipinski definition) is 2. The lowest BCUT2D eigenvalue weighted by Gasteiger charge is -2.09. The molecule has 0 unspecified atom stereocenters. The number of benzene rings is 2. The van der Waals surface area contributed by atoms with Crippen molar-refractivity contribution < 1.29 is 26.7 Å². The van der Waals surface area contributed by atoms with Gasteiger partial charge in [-0.15, -0.1) is 0 Å². The first-order valence-corrected chi connectivity index (χ1v) is 11.0. The number of rotatable bonds is 6. The van der Waals surface area contributed by atoms with Gasteiger partial charge in [0.1, 0.15) is 22.9 Å². The number of aryl methyl sites for hydroxylation is 1. The van der Waals surface area contributed by atoms with Crippen LogP contribution in [0.2, 0.25) is 0 Å². The number of aromatic amines is 1. The van der Waals surface area contributed by atoms with Crippen molar-refractivity contribution in [1.82, 2.24) is 24.5 Å². The number of pyridine rings is 1. The van der Waals surface area contributed by atoms with E-state index in [0.717, 1.165) is 30.8 Å². The van der Waals surface area contributed by atoms with E-state index in [1.165, 1.54) is 18.3 Å². The standard InChI is InChI=1S/C25H19F5N6O/c1-24(26,27)21-13-32-22(35-21)19-12-17(9-10-31-19)37-16-7-8-20-18(11-16)34-23(36(20)2)33-15-5-3-14(4-6-15)25(28,29)30/h3-13H,1-2H3,(H,32,35)(H,33,34). The molecule has 37 heavy (non-hydrogen) atoms. The fourth-order valence-electron chi connectivity index (χ4n) is 3.64. The highest BCUT2D eigenvalue weighted by atomic mass is 19.4. The Morgan fingerprint density at radius 2 is 1.65 bits per heavy atom. The minimum atomic E-state index is -4.41. The second kappa shape index (κ2) is 8.87. The maximum Gasteiger partial charge on any atom is 0.416 e. The van der Waals surface area contributed by atoms with Crippen molar-refractivity contribution in [2.45, 2.75) is 19.0 Å². The molecule has 0 fully saturated rings. The SMILES string of the molecule is Cn1c(Nc2ccc(C(F)(F)F)cc2)nc2cc(Oc3ccnc(-c4ncc(C(C)(F)F)[nH]4)c3)ccc21. The normalized spacial score (nSPS) is 12.2. The van der Waals surface area contributed by atoms with Gasteiger partial charge in [0.05, 0.1) is 22.8 Å². The van der Waals surface area contributed by atoms with Crippen LogP contribution in [-0.2, 0) is 19.1 Å². The zero-order valence-electron chi connectivity index (χ0n) is 19.4. The van der Waals surface area contributed by atoms with Crippen molar-refractivity contribution in [2.24, 2.45) is 7.05 Å². The second-order valence-electron chi connectivity index (χ2n) is 8.36. The highest BCUT2D eigenvalue weighted by Crippen LogP contribution is 2.32. The molecule has 7 nitrogen and oxygen atoms in total. The monoisotopic (exact) mass is 514 g/mol. The smallest absolute Gasteiger partial charge is 0.416 e. The van der Waals surface area contributed by atoms with E-state index in [1.54, 1.807) is 41.9 Å². The largest absolute Gasteiger partial charge is 0.457 e. The van der Waals surface area contributed by atoms with Crippen molar-refractivity contribution in [3.63, 3.8) is 0 Å². The molecule has 3 aromatic heterocycles. The molecule has 190 valence electrons. The highest BCUT2D eigenvalue weighted by molar-refractivity contribution is 5.81. The summed E-state index contributed by atoms with van der Waals surface area (Å²) in [7, 11) is 1.77. The zero-order chi connectivity index (χ0) is 26.4. The van der Waals surface area contributed by atoms with Gasteiger partial charge in [0.25, 0.3) is 5.92 Å². The number of H-pyrrole nitrogens is 1. The number of ether oxygens (including phenoxy) is 1. The lowest BCUT2D eigenvalue weighted by atomic mass is 10.2. The predicted octanol–water partition coefficient (Wildman–Crippen LogP) is 7.02. The molecule has 0 aliphatic rings. The highest BCUT2D eigenvalue weighted by Gasteiger charge is 2.30. The Morgan fingerprint density at radius 3 is 2.32 bits per heavy atom. The molecule has 0 aliphatic heterocycles. The number of alkyl halides is 5. The molecule has 0 radical (unpaired) electrons. The Balaban J connectivity index is 1.36. The van der Waals surface area contributed by atoms with Crippen LogP contribution in [0.3, 0.4) is 0 Å². The van der Waals surface area contributed by atoms with E-state index >= 15 is 0 Å². The van der Waals surface area contributed by atoms with Crippen molar-refractivity contribution in [1.29, 1.82) is 0 Å². The molecule has 0 aliphatic carbocycles. The molecule has 3 heterocycles. The number of fused-ring (bicyclic) bond motifs is 1. The number of imidazole rings is 2. The number of halogens is 5. The van der Waals surface area contributed by atoms with E-state index in [-0.39, 0.29) is 11.5 Å². The summed E-state index contributed by atoms with van der Waals surface area (Å²) in [5.41, 5.74) is 1.08. The lowest BCUT2D eigenvalue weighted by molar-refractivity contribution is -0.137. The fraction of sp³-hybridized carbons (Fsp3) is 0.160. The van der Waals surface area contributed by atoms with E-state index in [4.69, 9.17) is 4.74 Å². The molecule has 2 aromatic carbocycles. The van der Waals surface area contributed by atoms with Crippen LogP contribution in [-0.4, -0.2) is 24.5 Å². The second-order valence-corrected chi connectivity index (χ2v) is 8.36. The van der Waals surface area contributed by atoms with E-state index in [2.05, 4.69) is 25.3 Å². The molecule has 0 amide bonds. The fourth-order valence-corrected chi connectivity index (χ4v) is 3.64. The third-order valence-electron chi connectivity index (χ3n) is 5.58. The topological polar surface area (TPSA) is 80.7 Å².